The minimum atomic E-state index is -0.542. The zero-order valence-corrected chi connectivity index (χ0v) is 10.7. The van der Waals surface area contributed by atoms with E-state index < -0.39 is 6.10 Å². The number of nitrogens with zero attached hydrogens (tertiary/aromatic N) is 1. The fourth-order valence-corrected chi connectivity index (χ4v) is 2.38. The topological polar surface area (TPSA) is 114 Å². The molecule has 2 fully saturated rings. The summed E-state index contributed by atoms with van der Waals surface area (Å²) in [5.41, 5.74) is 2.06. The third-order valence-corrected chi connectivity index (χ3v) is 3.52. The lowest BCUT2D eigenvalue weighted by molar-refractivity contribution is -0.142. The molecule has 0 aromatic rings. The van der Waals surface area contributed by atoms with Crippen LogP contribution in [0.5, 0.6) is 0 Å². The first-order chi connectivity index (χ1) is 9.01. The summed E-state index contributed by atoms with van der Waals surface area (Å²) in [4.78, 5) is 35.9. The summed E-state index contributed by atoms with van der Waals surface area (Å²) >= 11 is 0. The predicted octanol–water partition coefficient (Wildman–Crippen LogP) is -2.13. The maximum atomic E-state index is 11.5. The van der Waals surface area contributed by atoms with Gasteiger partial charge in [0.05, 0.1) is 18.7 Å². The van der Waals surface area contributed by atoms with E-state index in [4.69, 9.17) is 10.6 Å². The SMILES string of the molecule is CC1C(=O)NC(=O)CN1CC1CCC(C(=O)NN)O1. The average Bonchev–Trinajstić information content (AvgIpc) is 2.83. The van der Waals surface area contributed by atoms with Crippen molar-refractivity contribution in [2.75, 3.05) is 13.1 Å². The lowest BCUT2D eigenvalue weighted by Gasteiger charge is -2.33. The molecule has 3 atom stereocenters. The Morgan fingerprint density at radius 1 is 1.53 bits per heavy atom. The highest BCUT2D eigenvalue weighted by Crippen LogP contribution is 2.21. The van der Waals surface area contributed by atoms with E-state index in [0.717, 1.165) is 0 Å². The lowest BCUT2D eigenvalue weighted by Crippen LogP contribution is -2.58. The molecule has 0 bridgehead atoms. The van der Waals surface area contributed by atoms with Gasteiger partial charge < -0.3 is 4.74 Å². The second kappa shape index (κ2) is 5.64. The van der Waals surface area contributed by atoms with Crippen LogP contribution in [0.2, 0.25) is 0 Å². The molecule has 106 valence electrons. The van der Waals surface area contributed by atoms with Gasteiger partial charge in [-0.25, -0.2) is 5.84 Å². The van der Waals surface area contributed by atoms with Gasteiger partial charge in [0.2, 0.25) is 11.8 Å². The van der Waals surface area contributed by atoms with Crippen LogP contribution in [-0.2, 0) is 19.1 Å². The van der Waals surface area contributed by atoms with Crippen LogP contribution in [-0.4, -0.2) is 54.0 Å². The number of carbonyl (C=O) groups is 3. The summed E-state index contributed by atoms with van der Waals surface area (Å²) < 4.78 is 5.56. The fraction of sp³-hybridized carbons (Fsp3) is 0.727. The van der Waals surface area contributed by atoms with E-state index in [2.05, 4.69) is 10.7 Å². The number of imide groups is 1. The van der Waals surface area contributed by atoms with Crippen molar-refractivity contribution in [2.45, 2.75) is 38.0 Å². The molecule has 0 aromatic heterocycles. The molecule has 0 radical (unpaired) electrons. The Balaban J connectivity index is 1.89. The Bertz CT molecular complexity index is 400. The van der Waals surface area contributed by atoms with Crippen LogP contribution in [0.4, 0.5) is 0 Å². The Hall–Kier alpha value is -1.51. The summed E-state index contributed by atoms with van der Waals surface area (Å²) in [6.07, 6.45) is 0.593. The molecule has 0 spiro atoms. The number of carbonyl (C=O) groups excluding carboxylic acids is 3. The number of piperazine rings is 1. The van der Waals surface area contributed by atoms with Crippen molar-refractivity contribution in [3.8, 4) is 0 Å². The number of amides is 3. The van der Waals surface area contributed by atoms with Crippen LogP contribution >= 0.6 is 0 Å². The van der Waals surface area contributed by atoms with Gasteiger partial charge in [-0.1, -0.05) is 0 Å². The molecule has 3 amide bonds. The highest BCUT2D eigenvalue weighted by molar-refractivity contribution is 6.00. The number of nitrogens with two attached hydrogens (primary N) is 1. The Morgan fingerprint density at radius 3 is 2.95 bits per heavy atom. The summed E-state index contributed by atoms with van der Waals surface area (Å²) in [5.74, 6) is 4.10. The Kier molecular flexibility index (Phi) is 4.13. The zero-order chi connectivity index (χ0) is 14.0. The van der Waals surface area contributed by atoms with Crippen molar-refractivity contribution >= 4 is 17.7 Å². The van der Waals surface area contributed by atoms with Crippen LogP contribution in [0.25, 0.3) is 0 Å². The molecule has 4 N–H and O–H groups in total. The molecular formula is C11H18N4O4. The van der Waals surface area contributed by atoms with Gasteiger partial charge in [-0.05, 0) is 19.8 Å². The monoisotopic (exact) mass is 270 g/mol. The Labute approximate surface area is 110 Å². The molecule has 2 aliphatic rings. The largest absolute Gasteiger partial charge is 0.364 e. The molecular weight excluding hydrogens is 252 g/mol. The molecule has 19 heavy (non-hydrogen) atoms. The van der Waals surface area contributed by atoms with Crippen molar-refractivity contribution < 1.29 is 19.1 Å². The summed E-state index contributed by atoms with van der Waals surface area (Å²) in [7, 11) is 0. The first kappa shape index (κ1) is 13.9. The number of ether oxygens (including phenoxy) is 1. The third-order valence-electron chi connectivity index (χ3n) is 3.52. The van der Waals surface area contributed by atoms with Crippen LogP contribution in [0.1, 0.15) is 19.8 Å². The molecule has 3 unspecified atom stereocenters. The van der Waals surface area contributed by atoms with Gasteiger partial charge in [-0.3, -0.25) is 30.0 Å². The number of nitrogens with one attached hydrogen (secondary N) is 2. The van der Waals surface area contributed by atoms with Crippen LogP contribution in [0.15, 0.2) is 0 Å². The highest BCUT2D eigenvalue weighted by atomic mass is 16.5. The average molecular weight is 270 g/mol. The van der Waals surface area contributed by atoms with E-state index >= 15 is 0 Å². The van der Waals surface area contributed by atoms with E-state index in [1.54, 1.807) is 11.8 Å². The zero-order valence-electron chi connectivity index (χ0n) is 10.7. The van der Waals surface area contributed by atoms with Crippen molar-refractivity contribution in [3.05, 3.63) is 0 Å². The van der Waals surface area contributed by atoms with Crippen LogP contribution in [0, 0.1) is 0 Å². The smallest absolute Gasteiger partial charge is 0.263 e. The minimum Gasteiger partial charge on any atom is -0.364 e. The number of hydrogen-bond donors (Lipinski definition) is 3. The van der Waals surface area contributed by atoms with Gasteiger partial charge in [0, 0.05) is 6.54 Å². The summed E-state index contributed by atoms with van der Waals surface area (Å²) in [5, 5.41) is 2.28. The van der Waals surface area contributed by atoms with Crippen LogP contribution < -0.4 is 16.6 Å². The van der Waals surface area contributed by atoms with E-state index in [0.29, 0.717) is 19.4 Å². The molecule has 2 aliphatic heterocycles. The van der Waals surface area contributed by atoms with E-state index in [9.17, 15) is 14.4 Å². The summed E-state index contributed by atoms with van der Waals surface area (Å²) in [6.45, 7) is 2.36. The molecule has 2 heterocycles. The van der Waals surface area contributed by atoms with Crippen molar-refractivity contribution in [2.24, 2.45) is 5.84 Å². The van der Waals surface area contributed by atoms with E-state index in [1.165, 1.54) is 0 Å². The van der Waals surface area contributed by atoms with Crippen LogP contribution in [0.3, 0.4) is 0 Å². The lowest BCUT2D eigenvalue weighted by atomic mass is 10.1. The first-order valence-corrected chi connectivity index (χ1v) is 6.25. The third kappa shape index (κ3) is 3.09. The van der Waals surface area contributed by atoms with Crippen molar-refractivity contribution in [3.63, 3.8) is 0 Å². The molecule has 2 saturated heterocycles. The number of hydrazine groups is 1. The van der Waals surface area contributed by atoms with Crippen molar-refractivity contribution in [1.82, 2.24) is 15.6 Å². The maximum Gasteiger partial charge on any atom is 0.263 e. The number of hydrogen-bond acceptors (Lipinski definition) is 6. The maximum absolute atomic E-state index is 11.5. The molecule has 0 aromatic carbocycles. The van der Waals surface area contributed by atoms with Gasteiger partial charge in [-0.15, -0.1) is 0 Å². The molecule has 8 nitrogen and oxygen atoms in total. The van der Waals surface area contributed by atoms with Gasteiger partial charge in [0.1, 0.15) is 6.10 Å². The summed E-state index contributed by atoms with van der Waals surface area (Å²) in [6, 6.07) is -0.372. The van der Waals surface area contributed by atoms with E-state index in [1.807, 2.05) is 0 Å². The first-order valence-electron chi connectivity index (χ1n) is 6.25. The minimum absolute atomic E-state index is 0.163. The molecule has 2 rings (SSSR count). The van der Waals surface area contributed by atoms with Gasteiger partial charge in [-0.2, -0.15) is 0 Å². The molecule has 0 saturated carbocycles. The molecule has 0 aliphatic carbocycles. The standard InChI is InChI=1S/C11H18N4O4/c1-6-10(17)13-9(16)5-15(6)4-7-2-3-8(19-7)11(18)14-12/h6-8H,2-5,12H2,1H3,(H,14,18)(H,13,16,17). The van der Waals surface area contributed by atoms with Gasteiger partial charge in [0.25, 0.3) is 5.91 Å². The highest BCUT2D eigenvalue weighted by Gasteiger charge is 2.36. The van der Waals surface area contributed by atoms with Gasteiger partial charge in [0.15, 0.2) is 0 Å². The Morgan fingerprint density at radius 2 is 2.26 bits per heavy atom. The van der Waals surface area contributed by atoms with Gasteiger partial charge >= 0.3 is 0 Å². The van der Waals surface area contributed by atoms with E-state index in [-0.39, 0.29) is 36.4 Å². The second-order valence-corrected chi connectivity index (χ2v) is 4.85. The number of rotatable bonds is 3. The normalized spacial score (nSPS) is 32.2. The quantitative estimate of drug-likeness (QED) is 0.234. The predicted molar refractivity (Wildman–Crippen MR) is 64.4 cm³/mol. The second-order valence-electron chi connectivity index (χ2n) is 4.85. The van der Waals surface area contributed by atoms with Crippen molar-refractivity contribution in [1.29, 1.82) is 0 Å². The molecule has 8 heteroatoms. The fourth-order valence-electron chi connectivity index (χ4n) is 2.38.